The molecule has 1 aromatic rings. The van der Waals surface area contributed by atoms with E-state index in [1.165, 1.54) is 0 Å². The second-order valence-electron chi connectivity index (χ2n) is 7.69. The highest BCUT2D eigenvalue weighted by Gasteiger charge is 2.32. The summed E-state index contributed by atoms with van der Waals surface area (Å²) in [6, 6.07) is -0.772. The van der Waals surface area contributed by atoms with E-state index in [0.29, 0.717) is 6.42 Å². The molecule has 2 atom stereocenters. The summed E-state index contributed by atoms with van der Waals surface area (Å²) >= 11 is 0. The number of ketones is 1. The van der Waals surface area contributed by atoms with Crippen LogP contribution in [0.4, 0.5) is 0 Å². The normalized spacial score (nSPS) is 19.2. The average molecular weight is 279 g/mol. The smallest absolute Gasteiger partial charge is 0.141 e. The molecule has 0 unspecified atom stereocenters. The lowest BCUT2D eigenvalue weighted by Gasteiger charge is -2.30. The van der Waals surface area contributed by atoms with Crippen molar-refractivity contribution in [3.8, 4) is 0 Å². The van der Waals surface area contributed by atoms with Gasteiger partial charge in [0.15, 0.2) is 0 Å². The Morgan fingerprint density at radius 1 is 1.25 bits per heavy atom. The Morgan fingerprint density at radius 2 is 1.85 bits per heavy atom. The lowest BCUT2D eigenvalue weighted by atomic mass is 9.73. The monoisotopic (exact) mass is 279 g/mol. The van der Waals surface area contributed by atoms with Gasteiger partial charge in [0, 0.05) is 12.7 Å². The zero-order chi connectivity index (χ0) is 19.9. The van der Waals surface area contributed by atoms with Crippen LogP contribution in [0.2, 0.25) is 0 Å². The van der Waals surface area contributed by atoms with Crippen LogP contribution in [-0.4, -0.2) is 5.78 Å². The van der Waals surface area contributed by atoms with Gasteiger partial charge < -0.3 is 0 Å². The van der Waals surface area contributed by atoms with Crippen LogP contribution < -0.4 is 0 Å². The Hall–Kier alpha value is -1.11. The molecule has 0 fully saturated rings. The van der Waals surface area contributed by atoms with E-state index in [2.05, 4.69) is 0 Å². The number of Topliss-reactive ketones (excluding diaryl/α,β-unsaturated/α-hetero) is 1. The fourth-order valence-electron chi connectivity index (χ4n) is 2.18. The molecule has 0 amide bonds. The van der Waals surface area contributed by atoms with E-state index in [-0.39, 0.29) is 46.5 Å². The lowest BCUT2D eigenvalue weighted by molar-refractivity contribution is -0.131. The first-order chi connectivity index (χ1) is 11.1. The number of benzene rings is 1. The molecular formula is C19H30O. The minimum Gasteiger partial charge on any atom is -0.299 e. The van der Waals surface area contributed by atoms with Crippen molar-refractivity contribution in [2.45, 2.75) is 61.3 Å². The van der Waals surface area contributed by atoms with Crippen molar-refractivity contribution in [3.63, 3.8) is 0 Å². The van der Waals surface area contributed by atoms with E-state index in [0.717, 1.165) is 0 Å². The van der Waals surface area contributed by atoms with Crippen LogP contribution in [0.25, 0.3) is 0 Å². The van der Waals surface area contributed by atoms with E-state index in [1.54, 1.807) is 6.92 Å². The largest absolute Gasteiger partial charge is 0.299 e. The second-order valence-corrected chi connectivity index (χ2v) is 7.69. The average Bonchev–Trinajstić information content (AvgIpc) is 2.46. The first-order valence-corrected chi connectivity index (χ1v) is 7.13. The Morgan fingerprint density at radius 3 is 2.35 bits per heavy atom. The molecule has 1 rings (SSSR count). The maximum Gasteiger partial charge on any atom is 0.141 e. The van der Waals surface area contributed by atoms with Gasteiger partial charge in [0.2, 0.25) is 0 Å². The first-order valence-electron chi connectivity index (χ1n) is 9.70. The maximum absolute atomic E-state index is 13.0. The maximum atomic E-state index is 13.0. The number of carbonyl (C=O) groups is 1. The van der Waals surface area contributed by atoms with Crippen molar-refractivity contribution >= 4 is 5.78 Å². The molecule has 0 saturated heterocycles. The fourth-order valence-corrected chi connectivity index (χ4v) is 2.18. The van der Waals surface area contributed by atoms with Crippen molar-refractivity contribution in [1.82, 2.24) is 0 Å². The van der Waals surface area contributed by atoms with Gasteiger partial charge in [0.25, 0.3) is 0 Å². The molecule has 1 nitrogen and oxygen atoms in total. The van der Waals surface area contributed by atoms with Crippen LogP contribution in [0, 0.1) is 23.7 Å². The van der Waals surface area contributed by atoms with Gasteiger partial charge in [-0.2, -0.15) is 0 Å². The second kappa shape index (κ2) is 6.11. The third kappa shape index (κ3) is 5.48. The van der Waals surface area contributed by atoms with E-state index < -0.39 is 17.7 Å². The molecule has 112 valence electrons. The molecule has 0 N–H and O–H groups in total. The van der Waals surface area contributed by atoms with Gasteiger partial charge in [-0.3, -0.25) is 4.79 Å². The molecule has 0 aliphatic rings. The van der Waals surface area contributed by atoms with Gasteiger partial charge in [0.05, 0.1) is 5.48 Å². The highest BCUT2D eigenvalue weighted by Crippen LogP contribution is 2.32. The number of rotatable bonds is 4. The Labute approximate surface area is 131 Å². The minimum atomic E-state index is -1.09. The molecule has 0 aliphatic heterocycles. The fraction of sp³-hybridized carbons (Fsp3) is 0.632. The topological polar surface area (TPSA) is 17.1 Å². The lowest BCUT2D eigenvalue weighted by Crippen LogP contribution is -2.32. The third-order valence-corrected chi connectivity index (χ3v) is 3.05. The molecule has 0 aromatic heterocycles. The predicted molar refractivity (Wildman–Crippen MR) is 86.9 cm³/mol. The minimum absolute atomic E-state index is 0.0633. The number of hydrogen-bond donors (Lipinski definition) is 0. The molecule has 0 radical (unpaired) electrons. The quantitative estimate of drug-likeness (QED) is 0.740. The van der Waals surface area contributed by atoms with Crippen molar-refractivity contribution in [2.75, 3.05) is 0 Å². The zero-order valence-corrected chi connectivity index (χ0v) is 13.8. The number of hydrogen-bond acceptors (Lipinski definition) is 1. The molecule has 20 heavy (non-hydrogen) atoms. The summed E-state index contributed by atoms with van der Waals surface area (Å²) < 4.78 is 40.9. The summed E-state index contributed by atoms with van der Waals surface area (Å²) in [6.45, 7) is 13.0. The van der Waals surface area contributed by atoms with Crippen LogP contribution in [0.1, 0.15) is 65.9 Å². The summed E-state index contributed by atoms with van der Waals surface area (Å²) in [5, 5.41) is 0. The van der Waals surface area contributed by atoms with Crippen molar-refractivity contribution in [1.29, 1.82) is 0 Å². The van der Waals surface area contributed by atoms with Crippen LogP contribution in [0.15, 0.2) is 24.2 Å². The van der Waals surface area contributed by atoms with Gasteiger partial charge in [-0.1, -0.05) is 71.3 Å². The first kappa shape index (κ1) is 10.6. The molecule has 1 aromatic carbocycles. The van der Waals surface area contributed by atoms with Gasteiger partial charge in [-0.15, -0.1) is 0 Å². The molecule has 1 heteroatoms. The van der Waals surface area contributed by atoms with E-state index in [9.17, 15) is 4.79 Å². The van der Waals surface area contributed by atoms with Crippen molar-refractivity contribution in [2.24, 2.45) is 16.7 Å². The zero-order valence-electron chi connectivity index (χ0n) is 18.8. The van der Waals surface area contributed by atoms with Crippen molar-refractivity contribution in [3.05, 3.63) is 35.3 Å². The highest BCUT2D eigenvalue weighted by molar-refractivity contribution is 5.86. The molecule has 0 aliphatic carbocycles. The SMILES string of the molecule is [2H]c1c([2H])c(C)c([2H])c([C@H]([2H])[C@H](CC(C)(C)C)C(=O)C(C)(C)C)c1[2H]. The van der Waals surface area contributed by atoms with E-state index in [4.69, 9.17) is 6.85 Å². The van der Waals surface area contributed by atoms with Crippen LogP contribution in [-0.2, 0) is 11.2 Å². The highest BCUT2D eigenvalue weighted by atomic mass is 16.1. The standard InChI is InChI=1S/C19H30O/c1-14-9-8-10-15(11-14)12-16(13-18(2,3)4)17(20)19(5,6)7/h8-11,16H,12-13H2,1-7H3/t16-/m1/s1/i8D,9D,10D,11D,12D/t12-,16+/m0. The summed E-state index contributed by atoms with van der Waals surface area (Å²) in [5.74, 6) is -0.732. The predicted octanol–water partition coefficient (Wildman–Crippen LogP) is 5.21. The Kier molecular flexibility index (Phi) is 3.24. The molecule has 0 spiro atoms. The summed E-state index contributed by atoms with van der Waals surface area (Å²) in [5.41, 5.74) is -0.451. The third-order valence-electron chi connectivity index (χ3n) is 3.05. The van der Waals surface area contributed by atoms with Crippen molar-refractivity contribution < 1.29 is 11.6 Å². The van der Waals surface area contributed by atoms with Gasteiger partial charge in [-0.05, 0) is 30.7 Å². The van der Waals surface area contributed by atoms with E-state index >= 15 is 0 Å². The molecule has 0 bridgehead atoms. The van der Waals surface area contributed by atoms with Crippen LogP contribution >= 0.6 is 0 Å². The van der Waals surface area contributed by atoms with Crippen LogP contribution in [0.3, 0.4) is 0 Å². The molecule has 0 heterocycles. The Bertz CT molecular complexity index is 639. The van der Waals surface area contributed by atoms with Gasteiger partial charge in [-0.25, -0.2) is 0 Å². The molecular weight excluding hydrogens is 244 g/mol. The molecule has 0 saturated carbocycles. The van der Waals surface area contributed by atoms with Crippen LogP contribution in [0.5, 0.6) is 0 Å². The number of carbonyl (C=O) groups excluding carboxylic acids is 1. The van der Waals surface area contributed by atoms with Gasteiger partial charge in [0.1, 0.15) is 5.78 Å². The van der Waals surface area contributed by atoms with Gasteiger partial charge >= 0.3 is 0 Å². The Balaban J connectivity index is 3.55. The van der Waals surface area contributed by atoms with E-state index in [1.807, 2.05) is 41.5 Å². The summed E-state index contributed by atoms with van der Waals surface area (Å²) in [7, 11) is 0. The summed E-state index contributed by atoms with van der Waals surface area (Å²) in [6.07, 6.45) is -0.625. The summed E-state index contributed by atoms with van der Waals surface area (Å²) in [4.78, 5) is 13.0.